The first-order chi connectivity index (χ1) is 11.5. The molecule has 124 valence electrons. The molecule has 0 saturated heterocycles. The van der Waals surface area contributed by atoms with E-state index in [4.69, 9.17) is 0 Å². The topological polar surface area (TPSA) is 92.7 Å². The lowest BCUT2D eigenvalue weighted by Gasteiger charge is -2.14. The van der Waals surface area contributed by atoms with Crippen molar-refractivity contribution in [2.75, 3.05) is 0 Å². The van der Waals surface area contributed by atoms with Gasteiger partial charge in [0.05, 0.1) is 6.42 Å². The van der Waals surface area contributed by atoms with Crippen LogP contribution in [0.15, 0.2) is 60.7 Å². The van der Waals surface area contributed by atoms with E-state index >= 15 is 0 Å². The van der Waals surface area contributed by atoms with Gasteiger partial charge in [0.2, 0.25) is 0 Å². The number of amides is 1. The molecule has 1 atom stereocenters. The third-order valence-electron chi connectivity index (χ3n) is 3.27. The van der Waals surface area contributed by atoms with Crippen LogP contribution in [0.5, 0.6) is 0 Å². The predicted molar refractivity (Wildman–Crippen MR) is 86.3 cm³/mol. The van der Waals surface area contributed by atoms with Crippen LogP contribution in [-0.2, 0) is 27.2 Å². The Morgan fingerprint density at radius 2 is 1.46 bits per heavy atom. The van der Waals surface area contributed by atoms with E-state index in [0.29, 0.717) is 5.56 Å². The molecule has 24 heavy (non-hydrogen) atoms. The average molecular weight is 327 g/mol. The van der Waals surface area contributed by atoms with E-state index in [9.17, 15) is 19.5 Å². The van der Waals surface area contributed by atoms with Gasteiger partial charge in [-0.2, -0.15) is 0 Å². The Morgan fingerprint density at radius 1 is 0.917 bits per heavy atom. The van der Waals surface area contributed by atoms with Crippen molar-refractivity contribution in [1.82, 2.24) is 5.32 Å². The number of carboxylic acids is 1. The highest BCUT2D eigenvalue weighted by molar-refractivity contribution is 5.88. The number of esters is 1. The lowest BCUT2D eigenvalue weighted by molar-refractivity contribution is -0.141. The van der Waals surface area contributed by atoms with Gasteiger partial charge in [-0.15, -0.1) is 0 Å². The molecule has 0 aromatic heterocycles. The van der Waals surface area contributed by atoms with Gasteiger partial charge in [-0.1, -0.05) is 60.7 Å². The summed E-state index contributed by atoms with van der Waals surface area (Å²) in [5, 5.41) is 11.4. The Bertz CT molecular complexity index is 700. The molecule has 0 radical (unpaired) electrons. The van der Waals surface area contributed by atoms with Crippen LogP contribution in [0.2, 0.25) is 0 Å². The summed E-state index contributed by atoms with van der Waals surface area (Å²) in [5.41, 5.74) is 1.45. The van der Waals surface area contributed by atoms with Gasteiger partial charge < -0.3 is 15.2 Å². The van der Waals surface area contributed by atoms with Crippen molar-refractivity contribution in [3.8, 4) is 0 Å². The highest BCUT2D eigenvalue weighted by Crippen LogP contribution is 2.05. The summed E-state index contributed by atoms with van der Waals surface area (Å²) >= 11 is 0. The number of rotatable bonds is 6. The molecule has 6 nitrogen and oxygen atoms in total. The van der Waals surface area contributed by atoms with Crippen molar-refractivity contribution >= 4 is 18.0 Å². The predicted octanol–water partition coefficient (Wildman–Crippen LogP) is 2.18. The van der Waals surface area contributed by atoms with Crippen molar-refractivity contribution in [1.29, 1.82) is 0 Å². The zero-order valence-electron chi connectivity index (χ0n) is 12.8. The molecular weight excluding hydrogens is 310 g/mol. The van der Waals surface area contributed by atoms with E-state index in [-0.39, 0.29) is 12.8 Å². The number of hydrogen-bond acceptors (Lipinski definition) is 4. The first kappa shape index (κ1) is 17.2. The van der Waals surface area contributed by atoms with Crippen molar-refractivity contribution in [3.63, 3.8) is 0 Å². The van der Waals surface area contributed by atoms with E-state index in [1.54, 1.807) is 48.5 Å². The third kappa shape index (κ3) is 5.57. The average Bonchev–Trinajstić information content (AvgIpc) is 2.55. The lowest BCUT2D eigenvalue weighted by atomic mass is 10.1. The van der Waals surface area contributed by atoms with Crippen molar-refractivity contribution in [2.45, 2.75) is 18.9 Å². The van der Waals surface area contributed by atoms with E-state index < -0.39 is 24.1 Å². The fraction of sp³-hybridized carbons (Fsp3) is 0.167. The zero-order valence-corrected chi connectivity index (χ0v) is 12.8. The summed E-state index contributed by atoms with van der Waals surface area (Å²) in [6.45, 7) is 0. The Labute approximate surface area is 139 Å². The Morgan fingerprint density at radius 3 is 2.00 bits per heavy atom. The van der Waals surface area contributed by atoms with Gasteiger partial charge >= 0.3 is 18.0 Å². The van der Waals surface area contributed by atoms with Crippen LogP contribution >= 0.6 is 0 Å². The number of carbonyl (C=O) groups excluding carboxylic acids is 2. The fourth-order valence-corrected chi connectivity index (χ4v) is 2.12. The molecule has 0 aliphatic heterocycles. The molecule has 0 saturated carbocycles. The fourth-order valence-electron chi connectivity index (χ4n) is 2.12. The molecule has 0 spiro atoms. The normalized spacial score (nSPS) is 11.3. The summed E-state index contributed by atoms with van der Waals surface area (Å²) in [6, 6.07) is 16.5. The van der Waals surface area contributed by atoms with E-state index in [0.717, 1.165) is 5.56 Å². The minimum atomic E-state index is -1.20. The number of alkyl carbamates (subject to hydrolysis) is 1. The van der Waals surface area contributed by atoms with Crippen LogP contribution in [0.3, 0.4) is 0 Å². The highest BCUT2D eigenvalue weighted by Gasteiger charge is 2.22. The smallest absolute Gasteiger partial charge is 0.415 e. The quantitative estimate of drug-likeness (QED) is 0.626. The molecule has 6 heteroatoms. The SMILES string of the molecule is O=C(Cc1ccccc1)OC(=O)N[C@@H](Cc1ccccc1)C(=O)O. The zero-order chi connectivity index (χ0) is 17.4. The Kier molecular flexibility index (Phi) is 6.08. The number of benzene rings is 2. The molecule has 0 aliphatic carbocycles. The van der Waals surface area contributed by atoms with E-state index in [2.05, 4.69) is 10.1 Å². The maximum Gasteiger partial charge on any atom is 0.415 e. The first-order valence-electron chi connectivity index (χ1n) is 7.36. The summed E-state index contributed by atoms with van der Waals surface area (Å²) in [7, 11) is 0. The number of aliphatic carboxylic acids is 1. The monoisotopic (exact) mass is 327 g/mol. The molecule has 2 aromatic carbocycles. The standard InChI is InChI=1S/C18H17NO5/c20-16(12-14-9-5-2-6-10-14)24-18(23)19-15(17(21)22)11-13-7-3-1-4-8-13/h1-10,15H,11-12H2,(H,19,23)(H,21,22)/t15-/m0/s1. The third-order valence-corrected chi connectivity index (χ3v) is 3.27. The van der Waals surface area contributed by atoms with Gasteiger partial charge in [0.15, 0.2) is 0 Å². The summed E-state index contributed by atoms with van der Waals surface area (Å²) in [5.74, 6) is -1.95. The molecular formula is C18H17NO5. The van der Waals surface area contributed by atoms with Gasteiger partial charge in [0.25, 0.3) is 0 Å². The van der Waals surface area contributed by atoms with Crippen molar-refractivity contribution in [3.05, 3.63) is 71.8 Å². The molecule has 2 rings (SSSR count). The molecule has 1 amide bonds. The number of nitrogens with one attached hydrogen (secondary N) is 1. The van der Waals surface area contributed by atoms with Crippen LogP contribution in [0.1, 0.15) is 11.1 Å². The molecule has 0 aliphatic rings. The minimum absolute atomic E-state index is 0.0648. The van der Waals surface area contributed by atoms with Crippen LogP contribution in [-0.4, -0.2) is 29.2 Å². The second-order valence-corrected chi connectivity index (χ2v) is 5.15. The number of carbonyl (C=O) groups is 3. The molecule has 0 heterocycles. The Balaban J connectivity index is 1.88. The molecule has 2 aromatic rings. The van der Waals surface area contributed by atoms with Crippen molar-refractivity contribution < 1.29 is 24.2 Å². The van der Waals surface area contributed by atoms with Gasteiger partial charge in [0, 0.05) is 6.42 Å². The minimum Gasteiger partial charge on any atom is -0.480 e. The lowest BCUT2D eigenvalue weighted by Crippen LogP contribution is -2.43. The van der Waals surface area contributed by atoms with Gasteiger partial charge in [0.1, 0.15) is 6.04 Å². The number of carboxylic acid groups (broad SMARTS) is 1. The summed E-state index contributed by atoms with van der Waals surface area (Å²) in [6.07, 6.45) is -1.04. The van der Waals surface area contributed by atoms with Gasteiger partial charge in [-0.25, -0.2) is 9.59 Å². The molecule has 0 unspecified atom stereocenters. The van der Waals surface area contributed by atoms with Crippen LogP contribution < -0.4 is 5.32 Å². The Hall–Kier alpha value is -3.15. The van der Waals surface area contributed by atoms with Gasteiger partial charge in [-0.3, -0.25) is 4.79 Å². The van der Waals surface area contributed by atoms with Crippen LogP contribution in [0.4, 0.5) is 4.79 Å². The van der Waals surface area contributed by atoms with Crippen LogP contribution in [0.25, 0.3) is 0 Å². The van der Waals surface area contributed by atoms with Crippen LogP contribution in [0, 0.1) is 0 Å². The highest BCUT2D eigenvalue weighted by atomic mass is 16.6. The maximum atomic E-state index is 11.7. The number of ether oxygens (including phenoxy) is 1. The summed E-state index contributed by atoms with van der Waals surface area (Å²) in [4.78, 5) is 34.7. The van der Waals surface area contributed by atoms with E-state index in [1.807, 2.05) is 12.1 Å². The maximum absolute atomic E-state index is 11.7. The number of hydrogen-bond donors (Lipinski definition) is 2. The molecule has 2 N–H and O–H groups in total. The van der Waals surface area contributed by atoms with Gasteiger partial charge in [-0.05, 0) is 11.1 Å². The van der Waals surface area contributed by atoms with Crippen molar-refractivity contribution in [2.24, 2.45) is 0 Å². The second-order valence-electron chi connectivity index (χ2n) is 5.15. The largest absolute Gasteiger partial charge is 0.480 e. The molecule has 0 fully saturated rings. The first-order valence-corrected chi connectivity index (χ1v) is 7.36. The molecule has 0 bridgehead atoms. The van der Waals surface area contributed by atoms with E-state index in [1.165, 1.54) is 0 Å². The summed E-state index contributed by atoms with van der Waals surface area (Å²) < 4.78 is 4.62. The second kappa shape index (κ2) is 8.47.